The molecule has 0 aliphatic carbocycles. The minimum atomic E-state index is 0.0178. The lowest BCUT2D eigenvalue weighted by molar-refractivity contribution is 0.334. The molecule has 0 aliphatic rings. The van der Waals surface area contributed by atoms with Crippen molar-refractivity contribution in [3.05, 3.63) is 108 Å². The van der Waals surface area contributed by atoms with E-state index in [1.807, 2.05) is 0 Å². The third-order valence-corrected chi connectivity index (χ3v) is 5.79. The molecule has 0 bridgehead atoms. The molecular formula is C24H26. The van der Waals surface area contributed by atoms with Crippen molar-refractivity contribution in [3.8, 4) is 0 Å². The topological polar surface area (TPSA) is 0 Å². The molecule has 0 fully saturated rings. The minimum Gasteiger partial charge on any atom is -0.0622 e. The summed E-state index contributed by atoms with van der Waals surface area (Å²) >= 11 is 0. The fourth-order valence-corrected chi connectivity index (χ4v) is 3.85. The standard InChI is InChI=1S/C24H26/c1-19(21-13-7-4-8-14-21)24(3,23-17-11-6-12-18-23)20(2)22-15-9-5-10-16-22/h4-20H,1-3H3. The monoisotopic (exact) mass is 314 g/mol. The van der Waals surface area contributed by atoms with Gasteiger partial charge in [-0.25, -0.2) is 0 Å². The third-order valence-electron chi connectivity index (χ3n) is 5.79. The van der Waals surface area contributed by atoms with E-state index in [0.29, 0.717) is 11.8 Å². The van der Waals surface area contributed by atoms with Crippen molar-refractivity contribution in [2.24, 2.45) is 0 Å². The smallest absolute Gasteiger partial charge is 0.00566 e. The largest absolute Gasteiger partial charge is 0.0622 e. The molecule has 0 saturated heterocycles. The van der Waals surface area contributed by atoms with Gasteiger partial charge in [0.1, 0.15) is 0 Å². The van der Waals surface area contributed by atoms with E-state index in [1.54, 1.807) is 0 Å². The second kappa shape index (κ2) is 7.05. The fourth-order valence-electron chi connectivity index (χ4n) is 3.85. The Labute approximate surface area is 146 Å². The zero-order valence-electron chi connectivity index (χ0n) is 14.8. The molecule has 0 nitrogen and oxygen atoms in total. The lowest BCUT2D eigenvalue weighted by Crippen LogP contribution is -2.34. The highest BCUT2D eigenvalue weighted by molar-refractivity contribution is 5.38. The van der Waals surface area contributed by atoms with Gasteiger partial charge in [-0.15, -0.1) is 0 Å². The van der Waals surface area contributed by atoms with Crippen LogP contribution in [0.1, 0.15) is 49.3 Å². The van der Waals surface area contributed by atoms with Crippen LogP contribution in [0.2, 0.25) is 0 Å². The Morgan fingerprint density at radius 1 is 0.542 bits per heavy atom. The van der Waals surface area contributed by atoms with Crippen LogP contribution in [-0.4, -0.2) is 0 Å². The average molecular weight is 314 g/mol. The van der Waals surface area contributed by atoms with Crippen molar-refractivity contribution in [1.29, 1.82) is 0 Å². The zero-order chi connectivity index (χ0) is 17.0. The summed E-state index contributed by atoms with van der Waals surface area (Å²) in [5, 5.41) is 0. The molecule has 0 saturated carbocycles. The Morgan fingerprint density at radius 3 is 1.25 bits per heavy atom. The fraction of sp³-hybridized carbons (Fsp3) is 0.250. The van der Waals surface area contributed by atoms with E-state index in [1.165, 1.54) is 16.7 Å². The van der Waals surface area contributed by atoms with Gasteiger partial charge < -0.3 is 0 Å². The summed E-state index contributed by atoms with van der Waals surface area (Å²) in [7, 11) is 0. The second-order valence-electron chi connectivity index (χ2n) is 6.91. The molecule has 2 unspecified atom stereocenters. The molecule has 24 heavy (non-hydrogen) atoms. The molecule has 0 aromatic heterocycles. The van der Waals surface area contributed by atoms with Crippen LogP contribution in [0.4, 0.5) is 0 Å². The van der Waals surface area contributed by atoms with Gasteiger partial charge in [0.15, 0.2) is 0 Å². The normalized spacial score (nSPS) is 16.1. The van der Waals surface area contributed by atoms with Gasteiger partial charge in [-0.1, -0.05) is 112 Å². The molecule has 0 heterocycles. The summed E-state index contributed by atoms with van der Waals surface area (Å²) < 4.78 is 0. The summed E-state index contributed by atoms with van der Waals surface area (Å²) in [6.07, 6.45) is 0. The van der Waals surface area contributed by atoms with E-state index in [2.05, 4.69) is 112 Å². The molecule has 0 heteroatoms. The average Bonchev–Trinajstić information content (AvgIpc) is 2.68. The maximum absolute atomic E-state index is 2.41. The number of benzene rings is 3. The molecule has 0 spiro atoms. The van der Waals surface area contributed by atoms with Gasteiger partial charge in [-0.2, -0.15) is 0 Å². The van der Waals surface area contributed by atoms with Crippen molar-refractivity contribution in [1.82, 2.24) is 0 Å². The number of rotatable bonds is 5. The van der Waals surface area contributed by atoms with Crippen LogP contribution in [-0.2, 0) is 5.41 Å². The number of hydrogen-bond donors (Lipinski definition) is 0. The molecule has 0 radical (unpaired) electrons. The summed E-state index contributed by atoms with van der Waals surface area (Å²) in [6.45, 7) is 7.14. The first kappa shape index (κ1) is 16.5. The lowest BCUT2D eigenvalue weighted by atomic mass is 9.61. The van der Waals surface area contributed by atoms with Gasteiger partial charge in [0.25, 0.3) is 0 Å². The summed E-state index contributed by atoms with van der Waals surface area (Å²) in [4.78, 5) is 0. The summed E-state index contributed by atoms with van der Waals surface area (Å²) in [6, 6.07) is 32.7. The van der Waals surface area contributed by atoms with Gasteiger partial charge in [-0.05, 0) is 28.5 Å². The van der Waals surface area contributed by atoms with Crippen molar-refractivity contribution in [2.45, 2.75) is 38.0 Å². The first-order valence-electron chi connectivity index (χ1n) is 8.79. The predicted molar refractivity (Wildman–Crippen MR) is 104 cm³/mol. The van der Waals surface area contributed by atoms with Crippen molar-refractivity contribution >= 4 is 0 Å². The third kappa shape index (κ3) is 3.01. The Balaban J connectivity index is 2.11. The van der Waals surface area contributed by atoms with Crippen molar-refractivity contribution < 1.29 is 0 Å². The van der Waals surface area contributed by atoms with Gasteiger partial charge in [0.2, 0.25) is 0 Å². The Morgan fingerprint density at radius 2 is 0.875 bits per heavy atom. The van der Waals surface area contributed by atoms with E-state index in [4.69, 9.17) is 0 Å². The zero-order valence-corrected chi connectivity index (χ0v) is 14.8. The Kier molecular flexibility index (Phi) is 4.85. The summed E-state index contributed by atoms with van der Waals surface area (Å²) in [5.74, 6) is 0.826. The van der Waals surface area contributed by atoms with Crippen LogP contribution in [0.3, 0.4) is 0 Å². The van der Waals surface area contributed by atoms with Crippen LogP contribution < -0.4 is 0 Å². The van der Waals surface area contributed by atoms with Gasteiger partial charge in [0, 0.05) is 5.41 Å². The minimum absolute atomic E-state index is 0.0178. The highest BCUT2D eigenvalue weighted by atomic mass is 14.4. The maximum atomic E-state index is 2.41. The predicted octanol–water partition coefficient (Wildman–Crippen LogP) is 6.55. The second-order valence-corrected chi connectivity index (χ2v) is 6.91. The summed E-state index contributed by atoms with van der Waals surface area (Å²) in [5.41, 5.74) is 4.21. The molecule has 0 amide bonds. The van der Waals surface area contributed by atoms with Crippen LogP contribution >= 0.6 is 0 Å². The van der Waals surface area contributed by atoms with Crippen LogP contribution in [0, 0.1) is 0 Å². The molecular weight excluding hydrogens is 288 g/mol. The van der Waals surface area contributed by atoms with Crippen LogP contribution in [0.5, 0.6) is 0 Å². The van der Waals surface area contributed by atoms with E-state index in [0.717, 1.165) is 0 Å². The van der Waals surface area contributed by atoms with E-state index in [-0.39, 0.29) is 5.41 Å². The van der Waals surface area contributed by atoms with E-state index < -0.39 is 0 Å². The van der Waals surface area contributed by atoms with Gasteiger partial charge in [-0.3, -0.25) is 0 Å². The van der Waals surface area contributed by atoms with Gasteiger partial charge >= 0.3 is 0 Å². The maximum Gasteiger partial charge on any atom is 0.00566 e. The van der Waals surface area contributed by atoms with Crippen molar-refractivity contribution in [2.75, 3.05) is 0 Å². The molecule has 3 rings (SSSR count). The van der Waals surface area contributed by atoms with Crippen molar-refractivity contribution in [3.63, 3.8) is 0 Å². The molecule has 0 N–H and O–H groups in total. The lowest BCUT2D eigenvalue weighted by Gasteiger charge is -2.42. The van der Waals surface area contributed by atoms with E-state index >= 15 is 0 Å². The Bertz CT molecular complexity index is 698. The quantitative estimate of drug-likeness (QED) is 0.501. The van der Waals surface area contributed by atoms with Gasteiger partial charge in [0.05, 0.1) is 0 Å². The molecule has 3 aromatic carbocycles. The van der Waals surface area contributed by atoms with Crippen LogP contribution in [0.15, 0.2) is 91.0 Å². The first-order valence-corrected chi connectivity index (χ1v) is 8.79. The molecule has 2 atom stereocenters. The SMILES string of the molecule is CC(c1ccccc1)C(C)(c1ccccc1)C(C)c1ccccc1. The van der Waals surface area contributed by atoms with Crippen LogP contribution in [0.25, 0.3) is 0 Å². The van der Waals surface area contributed by atoms with E-state index in [9.17, 15) is 0 Å². The molecule has 0 aliphatic heterocycles. The molecule has 3 aromatic rings. The highest BCUT2D eigenvalue weighted by Crippen LogP contribution is 2.48. The Hall–Kier alpha value is -2.34. The first-order chi connectivity index (χ1) is 11.6. The highest BCUT2D eigenvalue weighted by Gasteiger charge is 2.39. The number of hydrogen-bond acceptors (Lipinski definition) is 0. The molecule has 122 valence electrons.